The fraction of sp³-hybridized carbons (Fsp3) is 0.208. The van der Waals surface area contributed by atoms with Gasteiger partial charge in [0.2, 0.25) is 0 Å². The van der Waals surface area contributed by atoms with Gasteiger partial charge in [-0.3, -0.25) is 4.79 Å². The molecule has 3 aromatic rings. The Bertz CT molecular complexity index is 986. The molecule has 0 saturated carbocycles. The van der Waals surface area contributed by atoms with E-state index >= 15 is 0 Å². The van der Waals surface area contributed by atoms with Crippen molar-refractivity contribution in [3.05, 3.63) is 95.1 Å². The van der Waals surface area contributed by atoms with Crippen LogP contribution in [-0.2, 0) is 18.7 Å². The summed E-state index contributed by atoms with van der Waals surface area (Å²) in [5.74, 6) is 0.772. The fourth-order valence-electron chi connectivity index (χ4n) is 3.65. The number of rotatable bonds is 4. The van der Waals surface area contributed by atoms with Crippen molar-refractivity contribution in [2.45, 2.75) is 32.5 Å². The van der Waals surface area contributed by atoms with E-state index in [1.165, 1.54) is 11.1 Å². The highest BCUT2D eigenvalue weighted by Gasteiger charge is 2.29. The second-order valence-electron chi connectivity index (χ2n) is 7.59. The summed E-state index contributed by atoms with van der Waals surface area (Å²) in [7, 11) is 0. The van der Waals surface area contributed by atoms with Gasteiger partial charge in [0.05, 0.1) is 0 Å². The minimum atomic E-state index is -0.796. The molecule has 4 heteroatoms. The third-order valence-corrected chi connectivity index (χ3v) is 5.14. The average Bonchev–Trinajstić information content (AvgIpc) is 3.12. The molecule has 4 rings (SSSR count). The van der Waals surface area contributed by atoms with Crippen LogP contribution >= 0.6 is 0 Å². The van der Waals surface area contributed by atoms with Gasteiger partial charge < -0.3 is 14.7 Å². The van der Waals surface area contributed by atoms with E-state index in [9.17, 15) is 9.90 Å². The molecule has 1 heterocycles. The number of phenols is 1. The number of carbonyl (C=O) groups is 1. The van der Waals surface area contributed by atoms with Gasteiger partial charge in [-0.1, -0.05) is 42.5 Å². The van der Waals surface area contributed by atoms with Crippen LogP contribution in [0.15, 0.2) is 72.8 Å². The van der Waals surface area contributed by atoms with Gasteiger partial charge in [-0.05, 0) is 55.3 Å². The van der Waals surface area contributed by atoms with Crippen molar-refractivity contribution in [3.63, 3.8) is 0 Å². The molecule has 0 spiro atoms. The Labute approximate surface area is 165 Å². The maximum absolute atomic E-state index is 13.1. The molecule has 0 unspecified atom stereocenters. The normalized spacial score (nSPS) is 13.3. The van der Waals surface area contributed by atoms with Crippen LogP contribution < -0.4 is 4.74 Å². The molecule has 0 aliphatic carbocycles. The first-order valence-corrected chi connectivity index (χ1v) is 9.38. The summed E-state index contributed by atoms with van der Waals surface area (Å²) in [5.41, 5.74) is 2.70. The zero-order valence-corrected chi connectivity index (χ0v) is 16.1. The summed E-state index contributed by atoms with van der Waals surface area (Å²) in [4.78, 5) is 14.9. The Morgan fingerprint density at radius 2 is 1.54 bits per heavy atom. The maximum atomic E-state index is 13.1. The Morgan fingerprint density at radius 1 is 0.929 bits per heavy atom. The molecule has 28 heavy (non-hydrogen) atoms. The summed E-state index contributed by atoms with van der Waals surface area (Å²) in [6.07, 6.45) is 0. The molecule has 0 aromatic heterocycles. The lowest BCUT2D eigenvalue weighted by Crippen LogP contribution is -2.28. The van der Waals surface area contributed by atoms with E-state index in [2.05, 4.69) is 12.1 Å². The number of carbonyl (C=O) groups excluding carboxylic acids is 1. The van der Waals surface area contributed by atoms with E-state index in [0.29, 0.717) is 30.0 Å². The van der Waals surface area contributed by atoms with Gasteiger partial charge >= 0.3 is 0 Å². The van der Waals surface area contributed by atoms with Gasteiger partial charge in [0.25, 0.3) is 5.91 Å². The molecule has 3 aromatic carbocycles. The highest BCUT2D eigenvalue weighted by molar-refractivity contribution is 5.95. The van der Waals surface area contributed by atoms with Crippen LogP contribution in [0.4, 0.5) is 0 Å². The van der Waals surface area contributed by atoms with Crippen LogP contribution in [0.25, 0.3) is 0 Å². The smallest absolute Gasteiger partial charge is 0.254 e. The van der Waals surface area contributed by atoms with Crippen molar-refractivity contribution in [3.8, 4) is 11.5 Å². The zero-order valence-electron chi connectivity index (χ0n) is 16.1. The molecule has 0 fully saturated rings. The van der Waals surface area contributed by atoms with Crippen molar-refractivity contribution in [2.75, 3.05) is 0 Å². The lowest BCUT2D eigenvalue weighted by atomic mass is 9.94. The zero-order chi connectivity index (χ0) is 19.7. The molecule has 4 nitrogen and oxygen atoms in total. The van der Waals surface area contributed by atoms with Crippen molar-refractivity contribution in [1.82, 2.24) is 4.90 Å². The maximum Gasteiger partial charge on any atom is 0.254 e. The van der Waals surface area contributed by atoms with Gasteiger partial charge in [0.1, 0.15) is 17.1 Å². The number of para-hydroxylation sites is 1. The van der Waals surface area contributed by atoms with Gasteiger partial charge in [0.15, 0.2) is 0 Å². The first-order chi connectivity index (χ1) is 13.4. The third-order valence-electron chi connectivity index (χ3n) is 5.14. The molecular weight excluding hydrogens is 350 g/mol. The molecule has 1 aliphatic heterocycles. The quantitative estimate of drug-likeness (QED) is 0.710. The third kappa shape index (κ3) is 3.46. The van der Waals surface area contributed by atoms with E-state index in [-0.39, 0.29) is 11.7 Å². The van der Waals surface area contributed by atoms with Crippen LogP contribution in [0, 0.1) is 0 Å². The van der Waals surface area contributed by atoms with Crippen molar-refractivity contribution in [1.29, 1.82) is 0 Å². The van der Waals surface area contributed by atoms with Gasteiger partial charge in [-0.2, -0.15) is 0 Å². The summed E-state index contributed by atoms with van der Waals surface area (Å²) in [6.45, 7) is 4.98. The van der Waals surface area contributed by atoms with Crippen LogP contribution in [0.5, 0.6) is 11.5 Å². The Hall–Kier alpha value is -3.27. The molecule has 0 saturated heterocycles. The molecule has 0 radical (unpaired) electrons. The van der Waals surface area contributed by atoms with E-state index in [1.807, 2.05) is 61.2 Å². The largest absolute Gasteiger partial charge is 0.508 e. The van der Waals surface area contributed by atoms with Gasteiger partial charge in [-0.25, -0.2) is 0 Å². The van der Waals surface area contributed by atoms with Gasteiger partial charge in [-0.15, -0.1) is 0 Å². The summed E-state index contributed by atoms with van der Waals surface area (Å²) in [5, 5.41) is 10.4. The second kappa shape index (κ2) is 7.04. The first-order valence-electron chi connectivity index (χ1n) is 9.38. The SMILES string of the molecule is CC(C)(Oc1ccccc1)c1cc(C(=O)N2Cc3ccccc3C2)ccc1O. The van der Waals surface area contributed by atoms with Crippen LogP contribution in [0.1, 0.15) is 40.9 Å². The lowest BCUT2D eigenvalue weighted by molar-refractivity contribution is 0.0750. The number of amides is 1. The molecule has 1 amide bonds. The molecule has 1 N–H and O–H groups in total. The highest BCUT2D eigenvalue weighted by Crippen LogP contribution is 2.35. The van der Waals surface area contributed by atoms with E-state index in [1.54, 1.807) is 18.2 Å². The fourth-order valence-corrected chi connectivity index (χ4v) is 3.65. The minimum absolute atomic E-state index is 0.0482. The van der Waals surface area contributed by atoms with Crippen LogP contribution in [0.2, 0.25) is 0 Å². The number of aromatic hydroxyl groups is 1. The van der Waals surface area contributed by atoms with Crippen molar-refractivity contribution < 1.29 is 14.6 Å². The Balaban J connectivity index is 1.59. The number of ether oxygens (including phenoxy) is 1. The predicted octanol–water partition coefficient (Wildman–Crippen LogP) is 4.86. The predicted molar refractivity (Wildman–Crippen MR) is 108 cm³/mol. The molecule has 142 valence electrons. The number of hydrogen-bond acceptors (Lipinski definition) is 3. The summed E-state index contributed by atoms with van der Waals surface area (Å²) < 4.78 is 6.09. The molecular formula is C24H23NO3. The Morgan fingerprint density at radius 3 is 2.18 bits per heavy atom. The van der Waals surface area contributed by atoms with Crippen molar-refractivity contribution >= 4 is 5.91 Å². The second-order valence-corrected chi connectivity index (χ2v) is 7.59. The van der Waals surface area contributed by atoms with E-state index < -0.39 is 5.60 Å². The first kappa shape index (κ1) is 18.1. The standard InChI is InChI=1S/C24H23NO3/c1-24(2,28-20-10-4-3-5-11-20)21-14-17(12-13-22(21)26)23(27)25-15-18-8-6-7-9-19(18)16-25/h3-14,26H,15-16H2,1-2H3. The lowest BCUT2D eigenvalue weighted by Gasteiger charge is -2.28. The minimum Gasteiger partial charge on any atom is -0.508 e. The Kier molecular flexibility index (Phi) is 4.55. The number of phenolic OH excluding ortho intramolecular Hbond substituents is 1. The van der Waals surface area contributed by atoms with Gasteiger partial charge in [0, 0.05) is 24.2 Å². The van der Waals surface area contributed by atoms with Crippen LogP contribution in [-0.4, -0.2) is 15.9 Å². The number of nitrogens with zero attached hydrogens (tertiary/aromatic N) is 1. The number of benzene rings is 3. The topological polar surface area (TPSA) is 49.8 Å². The highest BCUT2D eigenvalue weighted by atomic mass is 16.5. The van der Waals surface area contributed by atoms with E-state index in [0.717, 1.165) is 0 Å². The molecule has 0 atom stereocenters. The summed E-state index contributed by atoms with van der Waals surface area (Å²) >= 11 is 0. The molecule has 1 aliphatic rings. The number of hydrogen-bond donors (Lipinski definition) is 1. The molecule has 0 bridgehead atoms. The van der Waals surface area contributed by atoms with Crippen LogP contribution in [0.3, 0.4) is 0 Å². The monoisotopic (exact) mass is 373 g/mol. The number of fused-ring (bicyclic) bond motifs is 1. The average molecular weight is 373 g/mol. The van der Waals surface area contributed by atoms with E-state index in [4.69, 9.17) is 4.74 Å². The summed E-state index contributed by atoms with van der Waals surface area (Å²) in [6, 6.07) is 22.5. The van der Waals surface area contributed by atoms with Crippen molar-refractivity contribution in [2.24, 2.45) is 0 Å².